The van der Waals surface area contributed by atoms with Gasteiger partial charge in [0.25, 0.3) is 0 Å². The van der Waals surface area contributed by atoms with Crippen LogP contribution in [-0.2, 0) is 6.42 Å². The lowest BCUT2D eigenvalue weighted by Gasteiger charge is -2.28. The molecule has 1 atom stereocenters. The van der Waals surface area contributed by atoms with Gasteiger partial charge in [-0.05, 0) is 86.2 Å². The lowest BCUT2D eigenvalue weighted by molar-refractivity contribution is 0.0697. The Morgan fingerprint density at radius 1 is 1.08 bits per heavy atom. The molecule has 0 bridgehead atoms. The zero-order chi connectivity index (χ0) is 27.1. The first-order valence-corrected chi connectivity index (χ1v) is 12.6. The van der Waals surface area contributed by atoms with Crippen molar-refractivity contribution in [2.24, 2.45) is 0 Å². The number of aliphatic hydroxyl groups excluding tert-OH is 1. The van der Waals surface area contributed by atoms with Gasteiger partial charge in [-0.2, -0.15) is 5.26 Å². The molecule has 8 heteroatoms. The molecule has 0 aromatic heterocycles. The quantitative estimate of drug-likeness (QED) is 0.314. The largest absolute Gasteiger partial charge is 0.489 e. The zero-order valence-electron chi connectivity index (χ0n) is 21.6. The van der Waals surface area contributed by atoms with E-state index in [1.54, 1.807) is 30.3 Å². The number of fused-ring (bicyclic) bond motifs is 1. The Labute approximate surface area is 222 Å². The normalized spacial score (nSPS) is 13.1. The Kier molecular flexibility index (Phi) is 8.52. The highest BCUT2D eigenvalue weighted by atomic mass is 16.7. The Balaban J connectivity index is 1.26. The second-order valence-electron chi connectivity index (χ2n) is 9.98. The van der Waals surface area contributed by atoms with Crippen LogP contribution in [0.1, 0.15) is 48.2 Å². The van der Waals surface area contributed by atoms with Gasteiger partial charge in [0.1, 0.15) is 24.5 Å². The molecule has 0 aliphatic carbocycles. The molecule has 3 aromatic carbocycles. The summed E-state index contributed by atoms with van der Waals surface area (Å²) in [6.45, 7) is 4.85. The molecular formula is C30H32N2O6. The molecule has 0 amide bonds. The predicted molar refractivity (Wildman–Crippen MR) is 143 cm³/mol. The summed E-state index contributed by atoms with van der Waals surface area (Å²) in [6.07, 6.45) is 2.03. The second kappa shape index (κ2) is 12.0. The maximum Gasteiger partial charge on any atom is 0.335 e. The van der Waals surface area contributed by atoms with Gasteiger partial charge in [0.15, 0.2) is 11.5 Å². The van der Waals surface area contributed by atoms with Gasteiger partial charge in [0.05, 0.1) is 11.1 Å². The molecule has 1 aliphatic heterocycles. The number of carboxylic acid groups (broad SMARTS) is 1. The highest BCUT2D eigenvalue weighted by molar-refractivity contribution is 5.88. The Hall–Kier alpha value is -4.06. The topological polar surface area (TPSA) is 121 Å². The molecule has 0 saturated heterocycles. The summed E-state index contributed by atoms with van der Waals surface area (Å²) < 4.78 is 16.6. The summed E-state index contributed by atoms with van der Waals surface area (Å²) in [4.78, 5) is 11.1. The number of carbonyl (C=O) groups is 1. The standard InChI is InChI=1S/C30H32N2O6/c1-30(2,13-3-4-20-5-12-26-28(14-20)38-19-37-26)32-17-25(33)18-36-27-15-23(10-11-24(27)16-31)21-6-8-22(9-7-21)29(34)35/h5-12,14-15,25,32-33H,3-4,13,17-19H2,1-2H3,(H,34,35). The molecule has 0 saturated carbocycles. The van der Waals surface area contributed by atoms with Crippen LogP contribution < -0.4 is 19.5 Å². The maximum atomic E-state index is 11.1. The Morgan fingerprint density at radius 2 is 1.82 bits per heavy atom. The van der Waals surface area contributed by atoms with Crippen LogP contribution in [0.25, 0.3) is 11.1 Å². The number of ether oxygens (including phenoxy) is 3. The zero-order valence-corrected chi connectivity index (χ0v) is 21.6. The van der Waals surface area contributed by atoms with Crippen molar-refractivity contribution < 1.29 is 29.2 Å². The third-order valence-electron chi connectivity index (χ3n) is 6.52. The maximum absolute atomic E-state index is 11.1. The molecule has 1 aliphatic rings. The summed E-state index contributed by atoms with van der Waals surface area (Å²) in [5.74, 6) is 0.962. The SMILES string of the molecule is CC(C)(CCCc1ccc2c(c1)OCO2)NCC(O)COc1cc(-c2ccc(C(=O)O)cc2)ccc1C#N. The molecule has 4 rings (SSSR count). The van der Waals surface area contributed by atoms with E-state index in [1.165, 1.54) is 17.7 Å². The van der Waals surface area contributed by atoms with Crippen molar-refractivity contribution in [1.29, 1.82) is 5.26 Å². The molecule has 38 heavy (non-hydrogen) atoms. The van der Waals surface area contributed by atoms with Crippen LogP contribution in [0.5, 0.6) is 17.2 Å². The fourth-order valence-electron chi connectivity index (χ4n) is 4.28. The van der Waals surface area contributed by atoms with Crippen molar-refractivity contribution in [3.63, 3.8) is 0 Å². The molecule has 0 radical (unpaired) electrons. The van der Waals surface area contributed by atoms with Crippen molar-refractivity contribution in [2.75, 3.05) is 19.9 Å². The molecule has 198 valence electrons. The van der Waals surface area contributed by atoms with Crippen molar-refractivity contribution in [3.8, 4) is 34.4 Å². The molecule has 3 N–H and O–H groups in total. The number of nitrogens with zero attached hydrogens (tertiary/aromatic N) is 1. The van der Waals surface area contributed by atoms with Gasteiger partial charge in [-0.25, -0.2) is 4.79 Å². The number of aromatic carboxylic acids is 1. The number of carboxylic acids is 1. The van der Waals surface area contributed by atoms with Crippen LogP contribution in [0.4, 0.5) is 0 Å². The number of aliphatic hydroxyl groups is 1. The van der Waals surface area contributed by atoms with Gasteiger partial charge in [0, 0.05) is 12.1 Å². The van der Waals surface area contributed by atoms with Crippen LogP contribution in [0, 0.1) is 11.3 Å². The molecule has 3 aromatic rings. The van der Waals surface area contributed by atoms with E-state index in [0.29, 0.717) is 17.9 Å². The summed E-state index contributed by atoms with van der Waals surface area (Å²) >= 11 is 0. The van der Waals surface area contributed by atoms with Gasteiger partial charge in [-0.1, -0.05) is 24.3 Å². The van der Waals surface area contributed by atoms with E-state index in [1.807, 2.05) is 12.1 Å². The van der Waals surface area contributed by atoms with Crippen molar-refractivity contribution in [2.45, 2.75) is 44.8 Å². The van der Waals surface area contributed by atoms with Crippen molar-refractivity contribution in [3.05, 3.63) is 77.4 Å². The average Bonchev–Trinajstić information content (AvgIpc) is 3.38. The van der Waals surface area contributed by atoms with E-state index in [-0.39, 0.29) is 24.5 Å². The summed E-state index contributed by atoms with van der Waals surface area (Å²) in [7, 11) is 0. The second-order valence-corrected chi connectivity index (χ2v) is 9.98. The Bertz CT molecular complexity index is 1310. The van der Waals surface area contributed by atoms with Crippen LogP contribution in [0.2, 0.25) is 0 Å². The van der Waals surface area contributed by atoms with E-state index in [0.717, 1.165) is 41.9 Å². The number of benzene rings is 3. The fourth-order valence-corrected chi connectivity index (χ4v) is 4.28. The third-order valence-corrected chi connectivity index (χ3v) is 6.52. The minimum atomic E-state index is -0.990. The van der Waals surface area contributed by atoms with Gasteiger partial charge in [0.2, 0.25) is 6.79 Å². The minimum absolute atomic E-state index is 0.0242. The van der Waals surface area contributed by atoms with Crippen LogP contribution in [0.3, 0.4) is 0 Å². The lowest BCUT2D eigenvalue weighted by Crippen LogP contribution is -2.44. The monoisotopic (exact) mass is 516 g/mol. The van der Waals surface area contributed by atoms with Crippen molar-refractivity contribution in [1.82, 2.24) is 5.32 Å². The highest BCUT2D eigenvalue weighted by Crippen LogP contribution is 2.33. The number of nitrogens with one attached hydrogen (secondary N) is 1. The number of aryl methyl sites for hydroxylation is 1. The van der Waals surface area contributed by atoms with Crippen LogP contribution >= 0.6 is 0 Å². The fraction of sp³-hybridized carbons (Fsp3) is 0.333. The minimum Gasteiger partial charge on any atom is -0.489 e. The number of hydrogen-bond donors (Lipinski definition) is 3. The molecule has 8 nitrogen and oxygen atoms in total. The number of nitriles is 1. The van der Waals surface area contributed by atoms with E-state index >= 15 is 0 Å². The van der Waals surface area contributed by atoms with Gasteiger partial charge < -0.3 is 29.7 Å². The van der Waals surface area contributed by atoms with Crippen molar-refractivity contribution >= 4 is 5.97 Å². The smallest absolute Gasteiger partial charge is 0.335 e. The van der Waals surface area contributed by atoms with E-state index in [9.17, 15) is 15.2 Å². The van der Waals surface area contributed by atoms with Crippen LogP contribution in [0.15, 0.2) is 60.7 Å². The molecule has 0 fully saturated rings. The van der Waals surface area contributed by atoms with Gasteiger partial charge in [-0.3, -0.25) is 0 Å². The number of rotatable bonds is 12. The van der Waals surface area contributed by atoms with Crippen LogP contribution in [-0.4, -0.2) is 47.8 Å². The summed E-state index contributed by atoms with van der Waals surface area (Å²) in [5, 5.41) is 32.5. The third kappa shape index (κ3) is 7.03. The number of β-amino-alcohol motifs (C(OH)–C–C–N with tert-alkyl or cyclic N) is 1. The van der Waals surface area contributed by atoms with Gasteiger partial charge >= 0.3 is 5.97 Å². The molecule has 1 heterocycles. The Morgan fingerprint density at radius 3 is 2.55 bits per heavy atom. The first-order valence-electron chi connectivity index (χ1n) is 12.6. The first kappa shape index (κ1) is 27.0. The van der Waals surface area contributed by atoms with Gasteiger partial charge in [-0.15, -0.1) is 0 Å². The highest BCUT2D eigenvalue weighted by Gasteiger charge is 2.20. The van der Waals surface area contributed by atoms with E-state index < -0.39 is 12.1 Å². The number of hydrogen-bond acceptors (Lipinski definition) is 7. The summed E-state index contributed by atoms with van der Waals surface area (Å²) in [6, 6.07) is 19.8. The lowest BCUT2D eigenvalue weighted by atomic mass is 9.95. The molecule has 0 spiro atoms. The molecular weight excluding hydrogens is 484 g/mol. The van der Waals surface area contributed by atoms with E-state index in [2.05, 4.69) is 31.3 Å². The van der Waals surface area contributed by atoms with E-state index in [4.69, 9.17) is 19.3 Å². The first-order chi connectivity index (χ1) is 18.2. The predicted octanol–water partition coefficient (Wildman–Crippen LogP) is 4.78. The summed E-state index contributed by atoms with van der Waals surface area (Å²) in [5.41, 5.74) is 3.16. The average molecular weight is 517 g/mol. The molecule has 1 unspecified atom stereocenters.